The summed E-state index contributed by atoms with van der Waals surface area (Å²) in [6, 6.07) is 15.9. The molecule has 0 amide bonds. The van der Waals surface area contributed by atoms with Crippen molar-refractivity contribution in [2.45, 2.75) is 31.3 Å². The zero-order valence-electron chi connectivity index (χ0n) is 18.0. The maximum absolute atomic E-state index is 12.3. The van der Waals surface area contributed by atoms with Crippen LogP contribution in [0.1, 0.15) is 36.8 Å². The van der Waals surface area contributed by atoms with Gasteiger partial charge in [-0.25, -0.2) is 0 Å². The molecule has 1 fully saturated rings. The van der Waals surface area contributed by atoms with Gasteiger partial charge in [-0.3, -0.25) is 0 Å². The first-order valence-electron chi connectivity index (χ1n) is 10.3. The van der Waals surface area contributed by atoms with Crippen molar-refractivity contribution in [1.82, 2.24) is 4.90 Å². The summed E-state index contributed by atoms with van der Waals surface area (Å²) in [4.78, 5) is 2.18. The lowest BCUT2D eigenvalue weighted by atomic mass is 9.74. The Morgan fingerprint density at radius 2 is 1.55 bits per heavy atom. The van der Waals surface area contributed by atoms with Crippen molar-refractivity contribution in [3.8, 4) is 11.5 Å². The molecule has 156 valence electrons. The van der Waals surface area contributed by atoms with E-state index < -0.39 is 5.60 Å². The average Bonchev–Trinajstić information content (AvgIpc) is 2.88. The van der Waals surface area contributed by atoms with Crippen molar-refractivity contribution in [1.29, 1.82) is 0 Å². The van der Waals surface area contributed by atoms with Crippen LogP contribution in [0.5, 0.6) is 11.5 Å². The molecule has 1 aliphatic rings. The monoisotopic (exact) mass is 395 g/mol. The minimum Gasteiger partial charge on any atom is -0.497 e. The first-order chi connectivity index (χ1) is 14.0. The molecule has 0 bridgehead atoms. The second-order valence-corrected chi connectivity index (χ2v) is 8.14. The van der Waals surface area contributed by atoms with Crippen molar-refractivity contribution in [2.24, 2.45) is 5.92 Å². The van der Waals surface area contributed by atoms with Crippen molar-refractivity contribution < 1.29 is 14.6 Å². The molecule has 3 rings (SSSR count). The first-order valence-corrected chi connectivity index (χ1v) is 10.3. The van der Waals surface area contributed by atoms with Crippen molar-refractivity contribution in [2.75, 3.05) is 34.9 Å². The SMILES string of the molecule is COc1ccc(/C=C2\CCCCC(CN(C)C)C2(O)c2ccc(OC)cc2)cc1. The zero-order chi connectivity index (χ0) is 20.9. The molecule has 2 aromatic rings. The van der Waals surface area contributed by atoms with Crippen LogP contribution in [0, 0.1) is 5.92 Å². The molecular formula is C25H33NO3. The molecule has 0 aliphatic heterocycles. The van der Waals surface area contributed by atoms with E-state index in [9.17, 15) is 5.11 Å². The molecule has 1 N–H and O–H groups in total. The number of ether oxygens (including phenoxy) is 2. The Kier molecular flexibility index (Phi) is 6.99. The molecular weight excluding hydrogens is 362 g/mol. The molecule has 0 saturated heterocycles. The second kappa shape index (κ2) is 9.47. The minimum absolute atomic E-state index is 0.123. The van der Waals surface area contributed by atoms with E-state index in [2.05, 4.69) is 25.1 Å². The summed E-state index contributed by atoms with van der Waals surface area (Å²) in [7, 11) is 7.49. The third kappa shape index (κ3) is 4.82. The van der Waals surface area contributed by atoms with Gasteiger partial charge >= 0.3 is 0 Å². The van der Waals surface area contributed by atoms with Gasteiger partial charge in [0.05, 0.1) is 14.2 Å². The number of aliphatic hydroxyl groups is 1. The summed E-state index contributed by atoms with van der Waals surface area (Å²) in [6.45, 7) is 0.836. The summed E-state index contributed by atoms with van der Waals surface area (Å²) in [5.74, 6) is 1.76. The van der Waals surface area contributed by atoms with Gasteiger partial charge in [-0.15, -0.1) is 0 Å². The average molecular weight is 396 g/mol. The van der Waals surface area contributed by atoms with E-state index in [1.54, 1.807) is 14.2 Å². The lowest BCUT2D eigenvalue weighted by Gasteiger charge is -2.39. The van der Waals surface area contributed by atoms with Crippen LogP contribution >= 0.6 is 0 Å². The lowest BCUT2D eigenvalue weighted by Crippen LogP contribution is -2.41. The fraction of sp³-hybridized carbons (Fsp3) is 0.440. The molecule has 1 aliphatic carbocycles. The smallest absolute Gasteiger partial charge is 0.118 e. The highest BCUT2D eigenvalue weighted by Gasteiger charge is 2.42. The van der Waals surface area contributed by atoms with Crippen LogP contribution in [0.3, 0.4) is 0 Å². The van der Waals surface area contributed by atoms with Gasteiger partial charge in [0, 0.05) is 12.5 Å². The largest absolute Gasteiger partial charge is 0.497 e. The Balaban J connectivity index is 2.09. The predicted molar refractivity (Wildman–Crippen MR) is 118 cm³/mol. The number of methoxy groups -OCH3 is 2. The molecule has 4 heteroatoms. The first kappa shape index (κ1) is 21.4. The summed E-state index contributed by atoms with van der Waals surface area (Å²) in [5, 5.41) is 12.3. The van der Waals surface area contributed by atoms with Crippen LogP contribution in [0.15, 0.2) is 54.1 Å². The highest BCUT2D eigenvalue weighted by Crippen LogP contribution is 2.45. The maximum Gasteiger partial charge on any atom is 0.118 e. The number of hydrogen-bond acceptors (Lipinski definition) is 4. The van der Waals surface area contributed by atoms with E-state index in [0.29, 0.717) is 0 Å². The van der Waals surface area contributed by atoms with Gasteiger partial charge < -0.3 is 19.5 Å². The Bertz CT molecular complexity index is 811. The highest BCUT2D eigenvalue weighted by molar-refractivity contribution is 5.58. The molecule has 2 aromatic carbocycles. The molecule has 2 unspecified atom stereocenters. The lowest BCUT2D eigenvalue weighted by molar-refractivity contribution is 0.000458. The second-order valence-electron chi connectivity index (χ2n) is 8.14. The highest BCUT2D eigenvalue weighted by atomic mass is 16.5. The van der Waals surface area contributed by atoms with Crippen LogP contribution in [0.2, 0.25) is 0 Å². The minimum atomic E-state index is -1.01. The summed E-state index contributed by atoms with van der Waals surface area (Å²) < 4.78 is 10.6. The molecule has 0 spiro atoms. The van der Waals surface area contributed by atoms with Gasteiger partial charge in [-0.05, 0) is 74.3 Å². The standard InChI is InChI=1S/C25H33NO3/c1-26(2)18-22-8-6-5-7-21(17-19-9-13-23(28-3)14-10-19)25(22,27)20-11-15-24(29-4)16-12-20/h9-17,22,27H,5-8,18H2,1-4H3/b21-17+. The maximum atomic E-state index is 12.3. The molecule has 2 atom stereocenters. The van der Waals surface area contributed by atoms with E-state index in [0.717, 1.165) is 60.4 Å². The Hall–Kier alpha value is -2.30. The Morgan fingerprint density at radius 1 is 0.966 bits per heavy atom. The van der Waals surface area contributed by atoms with E-state index >= 15 is 0 Å². The van der Waals surface area contributed by atoms with Crippen LogP contribution in [0.25, 0.3) is 6.08 Å². The van der Waals surface area contributed by atoms with E-state index in [1.165, 1.54) is 0 Å². The summed E-state index contributed by atoms with van der Waals surface area (Å²) >= 11 is 0. The van der Waals surface area contributed by atoms with E-state index in [4.69, 9.17) is 9.47 Å². The fourth-order valence-corrected chi connectivity index (χ4v) is 4.38. The van der Waals surface area contributed by atoms with Crippen LogP contribution in [-0.4, -0.2) is 44.9 Å². The zero-order valence-corrected chi connectivity index (χ0v) is 18.0. The van der Waals surface area contributed by atoms with Crippen LogP contribution in [-0.2, 0) is 5.60 Å². The molecule has 0 radical (unpaired) electrons. The van der Waals surface area contributed by atoms with Gasteiger partial charge in [0.1, 0.15) is 17.1 Å². The van der Waals surface area contributed by atoms with Gasteiger partial charge in [0.15, 0.2) is 0 Å². The number of hydrogen-bond donors (Lipinski definition) is 1. The topological polar surface area (TPSA) is 41.9 Å². The molecule has 1 saturated carbocycles. The molecule has 0 heterocycles. The number of nitrogens with zero attached hydrogens (tertiary/aromatic N) is 1. The van der Waals surface area contributed by atoms with Gasteiger partial charge in [0.25, 0.3) is 0 Å². The number of benzene rings is 2. The quantitative estimate of drug-likeness (QED) is 0.718. The van der Waals surface area contributed by atoms with E-state index in [1.807, 2.05) is 48.5 Å². The van der Waals surface area contributed by atoms with Gasteiger partial charge in [-0.2, -0.15) is 0 Å². The third-order valence-electron chi connectivity index (χ3n) is 5.90. The van der Waals surface area contributed by atoms with Crippen LogP contribution < -0.4 is 9.47 Å². The third-order valence-corrected chi connectivity index (χ3v) is 5.90. The van der Waals surface area contributed by atoms with Crippen molar-refractivity contribution in [3.05, 3.63) is 65.2 Å². The van der Waals surface area contributed by atoms with Crippen molar-refractivity contribution >= 4 is 6.08 Å². The molecule has 0 aromatic heterocycles. The van der Waals surface area contributed by atoms with E-state index in [-0.39, 0.29) is 5.92 Å². The van der Waals surface area contributed by atoms with Gasteiger partial charge in [0.2, 0.25) is 0 Å². The number of rotatable bonds is 6. The summed E-state index contributed by atoms with van der Waals surface area (Å²) in [6.07, 6.45) is 6.26. The van der Waals surface area contributed by atoms with Crippen molar-refractivity contribution in [3.63, 3.8) is 0 Å². The predicted octanol–water partition coefficient (Wildman–Crippen LogP) is 4.73. The normalized spacial score (nSPS) is 23.8. The summed E-state index contributed by atoms with van der Waals surface area (Å²) in [5.41, 5.74) is 2.09. The Morgan fingerprint density at radius 3 is 2.10 bits per heavy atom. The fourth-order valence-electron chi connectivity index (χ4n) is 4.38. The van der Waals surface area contributed by atoms with Gasteiger partial charge in [-0.1, -0.05) is 36.8 Å². The molecule has 29 heavy (non-hydrogen) atoms. The Labute approximate surface area is 174 Å². The van der Waals surface area contributed by atoms with Crippen LogP contribution in [0.4, 0.5) is 0 Å². The molecule has 4 nitrogen and oxygen atoms in total.